The molecule has 1 saturated heterocycles. The van der Waals surface area contributed by atoms with Gasteiger partial charge in [0.2, 0.25) is 4.33 Å². The Hall–Kier alpha value is 0.0500. The number of rotatable bonds is 0. The summed E-state index contributed by atoms with van der Waals surface area (Å²) in [7, 11) is 0. The molecule has 1 aliphatic carbocycles. The molecular formula is C8H10Cl2O2. The topological polar surface area (TPSA) is 26.3 Å². The highest BCUT2D eigenvalue weighted by molar-refractivity contribution is 6.58. The second-order valence-corrected chi connectivity index (χ2v) is 4.84. The first-order valence-electron chi connectivity index (χ1n) is 4.21. The van der Waals surface area contributed by atoms with Gasteiger partial charge in [0.25, 0.3) is 0 Å². The molecule has 0 unspecified atom stereocenters. The van der Waals surface area contributed by atoms with E-state index in [1.807, 2.05) is 0 Å². The molecule has 1 aliphatic heterocycles. The largest absolute Gasteiger partial charge is 0.460 e. The molecule has 0 bridgehead atoms. The lowest BCUT2D eigenvalue weighted by Crippen LogP contribution is -2.32. The zero-order chi connectivity index (χ0) is 8.77. The van der Waals surface area contributed by atoms with Crippen molar-refractivity contribution in [2.45, 2.75) is 36.1 Å². The normalized spacial score (nSPS) is 39.0. The maximum Gasteiger partial charge on any atom is 0.343 e. The van der Waals surface area contributed by atoms with E-state index in [4.69, 9.17) is 27.9 Å². The van der Waals surface area contributed by atoms with E-state index in [0.29, 0.717) is 0 Å². The van der Waals surface area contributed by atoms with Crippen LogP contribution in [0.25, 0.3) is 0 Å². The van der Waals surface area contributed by atoms with Gasteiger partial charge >= 0.3 is 5.97 Å². The SMILES string of the molecule is O=C1O[C@H]2CCCC[C@H]2C1(Cl)Cl. The second-order valence-electron chi connectivity index (χ2n) is 3.46. The van der Waals surface area contributed by atoms with E-state index in [-0.39, 0.29) is 12.0 Å². The average molecular weight is 209 g/mol. The zero-order valence-electron chi connectivity index (χ0n) is 6.56. The first-order chi connectivity index (χ1) is 5.62. The van der Waals surface area contributed by atoms with Gasteiger partial charge in [0, 0.05) is 5.92 Å². The van der Waals surface area contributed by atoms with Crippen molar-refractivity contribution in [1.82, 2.24) is 0 Å². The second kappa shape index (κ2) is 2.78. The molecule has 2 atom stereocenters. The van der Waals surface area contributed by atoms with Gasteiger partial charge < -0.3 is 4.74 Å². The molecule has 4 heteroatoms. The van der Waals surface area contributed by atoms with Gasteiger partial charge in [-0.2, -0.15) is 0 Å². The Morgan fingerprint density at radius 1 is 1.33 bits per heavy atom. The van der Waals surface area contributed by atoms with Crippen LogP contribution in [0.4, 0.5) is 0 Å². The van der Waals surface area contributed by atoms with E-state index in [0.717, 1.165) is 25.7 Å². The highest BCUT2D eigenvalue weighted by atomic mass is 35.5. The van der Waals surface area contributed by atoms with Crippen LogP contribution in [0.5, 0.6) is 0 Å². The molecule has 1 heterocycles. The van der Waals surface area contributed by atoms with Gasteiger partial charge in [-0.3, -0.25) is 0 Å². The quantitative estimate of drug-likeness (QED) is 0.451. The predicted octanol–water partition coefficient (Wildman–Crippen LogP) is 2.28. The Kier molecular flexibility index (Phi) is 2.00. The molecule has 68 valence electrons. The van der Waals surface area contributed by atoms with E-state index in [2.05, 4.69) is 0 Å². The fourth-order valence-electron chi connectivity index (χ4n) is 2.02. The number of carbonyl (C=O) groups is 1. The van der Waals surface area contributed by atoms with Crippen molar-refractivity contribution in [3.05, 3.63) is 0 Å². The minimum atomic E-state index is -1.27. The summed E-state index contributed by atoms with van der Waals surface area (Å²) in [5, 5.41) is 0. The lowest BCUT2D eigenvalue weighted by atomic mass is 9.86. The van der Waals surface area contributed by atoms with Crippen LogP contribution < -0.4 is 0 Å². The number of halogens is 2. The molecule has 0 radical (unpaired) electrons. The summed E-state index contributed by atoms with van der Waals surface area (Å²) in [6.45, 7) is 0. The summed E-state index contributed by atoms with van der Waals surface area (Å²) < 4.78 is 3.80. The van der Waals surface area contributed by atoms with Crippen molar-refractivity contribution in [1.29, 1.82) is 0 Å². The molecular weight excluding hydrogens is 199 g/mol. The van der Waals surface area contributed by atoms with Gasteiger partial charge in [0.05, 0.1) is 0 Å². The molecule has 0 amide bonds. The van der Waals surface area contributed by atoms with E-state index in [1.165, 1.54) is 0 Å². The monoisotopic (exact) mass is 208 g/mol. The van der Waals surface area contributed by atoms with Crippen LogP contribution >= 0.6 is 23.2 Å². The van der Waals surface area contributed by atoms with Crippen molar-refractivity contribution < 1.29 is 9.53 Å². The number of esters is 1. The fraction of sp³-hybridized carbons (Fsp3) is 0.875. The summed E-state index contributed by atoms with van der Waals surface area (Å²) in [5.74, 6) is -0.440. The number of carbonyl (C=O) groups excluding carboxylic acids is 1. The number of ether oxygens (including phenoxy) is 1. The summed E-state index contributed by atoms with van der Waals surface area (Å²) >= 11 is 11.8. The van der Waals surface area contributed by atoms with Crippen molar-refractivity contribution in [2.24, 2.45) is 5.92 Å². The predicted molar refractivity (Wildman–Crippen MR) is 46.3 cm³/mol. The maximum absolute atomic E-state index is 11.2. The summed E-state index contributed by atoms with van der Waals surface area (Å²) in [4.78, 5) is 11.2. The van der Waals surface area contributed by atoms with Crippen molar-refractivity contribution in [3.63, 3.8) is 0 Å². The zero-order valence-corrected chi connectivity index (χ0v) is 8.07. The number of alkyl halides is 2. The van der Waals surface area contributed by atoms with E-state index in [1.54, 1.807) is 0 Å². The first-order valence-corrected chi connectivity index (χ1v) is 4.97. The third-order valence-electron chi connectivity index (χ3n) is 2.70. The van der Waals surface area contributed by atoms with E-state index >= 15 is 0 Å². The van der Waals surface area contributed by atoms with Crippen LogP contribution in [0.1, 0.15) is 25.7 Å². The Morgan fingerprint density at radius 2 is 2.00 bits per heavy atom. The molecule has 2 rings (SSSR count). The molecule has 0 N–H and O–H groups in total. The van der Waals surface area contributed by atoms with E-state index < -0.39 is 10.3 Å². The first kappa shape index (κ1) is 8.64. The molecule has 2 nitrogen and oxygen atoms in total. The number of fused-ring (bicyclic) bond motifs is 1. The van der Waals surface area contributed by atoms with Crippen molar-refractivity contribution in [3.8, 4) is 0 Å². The third kappa shape index (κ3) is 1.12. The third-order valence-corrected chi connectivity index (χ3v) is 3.57. The lowest BCUT2D eigenvalue weighted by molar-refractivity contribution is -0.142. The smallest absolute Gasteiger partial charge is 0.343 e. The maximum atomic E-state index is 11.2. The highest BCUT2D eigenvalue weighted by Crippen LogP contribution is 2.47. The molecule has 12 heavy (non-hydrogen) atoms. The van der Waals surface area contributed by atoms with Crippen molar-refractivity contribution >= 4 is 29.2 Å². The Bertz CT molecular complexity index is 215. The van der Waals surface area contributed by atoms with Gasteiger partial charge in [-0.05, 0) is 19.3 Å². The van der Waals surface area contributed by atoms with E-state index in [9.17, 15) is 4.79 Å². The van der Waals surface area contributed by atoms with Crippen LogP contribution in [0.15, 0.2) is 0 Å². The molecule has 0 aromatic heterocycles. The van der Waals surface area contributed by atoms with Crippen molar-refractivity contribution in [2.75, 3.05) is 0 Å². The fourth-order valence-corrected chi connectivity index (χ4v) is 2.61. The molecule has 0 aromatic carbocycles. The van der Waals surface area contributed by atoms with Gasteiger partial charge in [-0.1, -0.05) is 29.6 Å². The molecule has 0 aromatic rings. The molecule has 2 fully saturated rings. The molecule has 1 saturated carbocycles. The van der Waals surface area contributed by atoms with Crippen LogP contribution in [-0.4, -0.2) is 16.4 Å². The Balaban J connectivity index is 2.22. The van der Waals surface area contributed by atoms with Gasteiger partial charge in [-0.15, -0.1) is 0 Å². The Morgan fingerprint density at radius 3 is 2.67 bits per heavy atom. The lowest BCUT2D eigenvalue weighted by Gasteiger charge is -2.25. The minimum absolute atomic E-state index is 0.0158. The highest BCUT2D eigenvalue weighted by Gasteiger charge is 2.55. The summed E-state index contributed by atoms with van der Waals surface area (Å²) in [6, 6.07) is 0. The Labute approximate surface area is 81.2 Å². The van der Waals surface area contributed by atoms with Crippen LogP contribution in [-0.2, 0) is 9.53 Å². The van der Waals surface area contributed by atoms with Crippen LogP contribution in [0.3, 0.4) is 0 Å². The van der Waals surface area contributed by atoms with Crippen LogP contribution in [0, 0.1) is 5.92 Å². The number of hydrogen-bond acceptors (Lipinski definition) is 2. The standard InChI is InChI=1S/C8H10Cl2O2/c9-8(10)5-3-1-2-4-6(5)12-7(8)11/h5-6H,1-4H2/t5-,6+/m1/s1. The molecule has 2 aliphatic rings. The average Bonchev–Trinajstić information content (AvgIpc) is 2.25. The molecule has 0 spiro atoms. The van der Waals surface area contributed by atoms with Gasteiger partial charge in [0.15, 0.2) is 0 Å². The van der Waals surface area contributed by atoms with Gasteiger partial charge in [0.1, 0.15) is 6.10 Å². The minimum Gasteiger partial charge on any atom is -0.460 e. The summed E-state index contributed by atoms with van der Waals surface area (Å²) in [5.41, 5.74) is 0. The summed E-state index contributed by atoms with van der Waals surface area (Å²) in [6.07, 6.45) is 4.00. The van der Waals surface area contributed by atoms with Crippen LogP contribution in [0.2, 0.25) is 0 Å². The van der Waals surface area contributed by atoms with Gasteiger partial charge in [-0.25, -0.2) is 4.79 Å². The number of hydrogen-bond donors (Lipinski definition) is 0.